The summed E-state index contributed by atoms with van der Waals surface area (Å²) >= 11 is 1.73. The molecule has 0 amide bonds. The van der Waals surface area contributed by atoms with Gasteiger partial charge in [-0.25, -0.2) is 4.98 Å². The fourth-order valence-corrected chi connectivity index (χ4v) is 7.06. The van der Waals surface area contributed by atoms with Crippen molar-refractivity contribution in [3.63, 3.8) is 0 Å². The first-order valence-electron chi connectivity index (χ1n) is 14.9. The van der Waals surface area contributed by atoms with Gasteiger partial charge in [-0.05, 0) is 94.5 Å². The molecular weight excluding hydrogens is 569 g/mol. The first-order chi connectivity index (χ1) is 22.2. The number of nitrogens with zero attached hydrogens (tertiary/aromatic N) is 4. The summed E-state index contributed by atoms with van der Waals surface area (Å²) < 4.78 is 1.19. The Labute approximate surface area is 263 Å². The summed E-state index contributed by atoms with van der Waals surface area (Å²) in [5.74, 6) is 0. The molecule has 4 aromatic heterocycles. The topological polar surface area (TPSA) is 51.6 Å². The molecule has 9 rings (SSSR count). The molecule has 0 fully saturated rings. The Kier molecular flexibility index (Phi) is 5.96. The fourth-order valence-electron chi connectivity index (χ4n) is 6.11. The zero-order valence-corrected chi connectivity index (χ0v) is 24.9. The molecule has 0 aliphatic carbocycles. The zero-order chi connectivity index (χ0) is 29.7. The van der Waals surface area contributed by atoms with Crippen LogP contribution in [0.5, 0.6) is 0 Å². The van der Waals surface area contributed by atoms with Crippen LogP contribution >= 0.6 is 11.3 Å². The van der Waals surface area contributed by atoms with Crippen LogP contribution in [0.15, 0.2) is 146 Å². The van der Waals surface area contributed by atoms with E-state index in [4.69, 9.17) is 9.97 Å². The maximum Gasteiger partial charge on any atom is 0.124 e. The molecule has 210 valence electrons. The van der Waals surface area contributed by atoms with Crippen molar-refractivity contribution in [2.75, 3.05) is 0 Å². The summed E-state index contributed by atoms with van der Waals surface area (Å²) in [6.45, 7) is 0. The molecule has 0 atom stereocenters. The van der Waals surface area contributed by atoms with Crippen LogP contribution < -0.4 is 0 Å². The van der Waals surface area contributed by atoms with Crippen molar-refractivity contribution in [2.24, 2.45) is 0 Å². The van der Waals surface area contributed by atoms with E-state index in [9.17, 15) is 0 Å². The molecule has 0 N–H and O–H groups in total. The number of aromatic nitrogens is 4. The van der Waals surface area contributed by atoms with Gasteiger partial charge in [0.15, 0.2) is 0 Å². The summed E-state index contributed by atoms with van der Waals surface area (Å²) in [5.41, 5.74) is 11.7. The van der Waals surface area contributed by atoms with E-state index in [1.165, 1.54) is 4.70 Å². The lowest BCUT2D eigenvalue weighted by atomic mass is 9.94. The Balaban J connectivity index is 1.19. The number of benzene rings is 5. The average molecular weight is 593 g/mol. The maximum atomic E-state index is 5.01. The molecule has 0 radical (unpaired) electrons. The van der Waals surface area contributed by atoms with Gasteiger partial charge >= 0.3 is 0 Å². The first kappa shape index (κ1) is 25.7. The number of fused-ring (bicyclic) bond motifs is 5. The molecule has 45 heavy (non-hydrogen) atoms. The largest absolute Gasteiger partial charge is 0.256 e. The van der Waals surface area contributed by atoms with Crippen molar-refractivity contribution in [3.8, 4) is 44.0 Å². The summed E-state index contributed by atoms with van der Waals surface area (Å²) in [4.78, 5) is 19.0. The highest BCUT2D eigenvalue weighted by Gasteiger charge is 2.13. The van der Waals surface area contributed by atoms with Gasteiger partial charge in [0.2, 0.25) is 0 Å². The van der Waals surface area contributed by atoms with E-state index in [-0.39, 0.29) is 0 Å². The van der Waals surface area contributed by atoms with Gasteiger partial charge in [0.05, 0.1) is 26.8 Å². The highest BCUT2D eigenvalue weighted by Crippen LogP contribution is 2.38. The minimum atomic E-state index is 0.923. The number of hydrogen-bond donors (Lipinski definition) is 0. The molecular formula is C40H24N4S. The fraction of sp³-hybridized carbons (Fsp3) is 0. The van der Waals surface area contributed by atoms with Crippen molar-refractivity contribution in [3.05, 3.63) is 146 Å². The third kappa shape index (κ3) is 4.62. The molecule has 9 aromatic rings. The second kappa shape index (κ2) is 10.4. The van der Waals surface area contributed by atoms with Crippen molar-refractivity contribution < 1.29 is 0 Å². The molecule has 5 aromatic carbocycles. The van der Waals surface area contributed by atoms with Crippen LogP contribution in [0.1, 0.15) is 0 Å². The minimum absolute atomic E-state index is 0.923. The molecule has 0 saturated heterocycles. The van der Waals surface area contributed by atoms with Gasteiger partial charge in [0.1, 0.15) is 5.01 Å². The van der Waals surface area contributed by atoms with Gasteiger partial charge in [-0.2, -0.15) is 0 Å². The second-order valence-electron chi connectivity index (χ2n) is 11.2. The normalized spacial score (nSPS) is 11.6. The van der Waals surface area contributed by atoms with Crippen LogP contribution in [0.25, 0.3) is 86.9 Å². The third-order valence-electron chi connectivity index (χ3n) is 8.36. The summed E-state index contributed by atoms with van der Waals surface area (Å²) in [6.07, 6.45) is 5.62. The van der Waals surface area contributed by atoms with E-state index in [1.807, 2.05) is 36.8 Å². The quantitative estimate of drug-likeness (QED) is 0.191. The van der Waals surface area contributed by atoms with Crippen molar-refractivity contribution in [2.45, 2.75) is 0 Å². The molecule has 0 aliphatic rings. The molecule has 0 aliphatic heterocycles. The summed E-state index contributed by atoms with van der Waals surface area (Å²) in [6, 6.07) is 44.9. The van der Waals surface area contributed by atoms with Crippen LogP contribution in [0, 0.1) is 0 Å². The van der Waals surface area contributed by atoms with Crippen LogP contribution in [0.4, 0.5) is 0 Å². The Bertz CT molecular complexity index is 2540. The van der Waals surface area contributed by atoms with Crippen molar-refractivity contribution >= 4 is 54.3 Å². The van der Waals surface area contributed by atoms with Crippen molar-refractivity contribution in [1.82, 2.24) is 19.9 Å². The third-order valence-corrected chi connectivity index (χ3v) is 9.45. The number of hydrogen-bond acceptors (Lipinski definition) is 5. The number of para-hydroxylation sites is 1. The molecule has 0 bridgehead atoms. The van der Waals surface area contributed by atoms with E-state index in [1.54, 1.807) is 11.3 Å². The Morgan fingerprint density at radius 2 is 1.09 bits per heavy atom. The average Bonchev–Trinajstić information content (AvgIpc) is 3.56. The van der Waals surface area contributed by atoms with E-state index >= 15 is 0 Å². The summed E-state index contributed by atoms with van der Waals surface area (Å²) in [5, 5.41) is 4.31. The lowest BCUT2D eigenvalue weighted by molar-refractivity contribution is 1.37. The van der Waals surface area contributed by atoms with Crippen LogP contribution in [-0.4, -0.2) is 19.9 Å². The molecule has 0 saturated carbocycles. The highest BCUT2D eigenvalue weighted by molar-refractivity contribution is 7.21. The van der Waals surface area contributed by atoms with Gasteiger partial charge in [-0.3, -0.25) is 15.0 Å². The number of rotatable bonds is 4. The van der Waals surface area contributed by atoms with Gasteiger partial charge in [0, 0.05) is 45.9 Å². The van der Waals surface area contributed by atoms with Crippen LogP contribution in [0.3, 0.4) is 0 Å². The smallest absolute Gasteiger partial charge is 0.124 e. The number of pyridine rings is 3. The SMILES string of the molecule is c1cc(-c2cc(-c3ccc4ncccc4c3)cc(-c3nc4ccccc4s3)c2)cc(-c2cnc3c(ccc4cccnc43)c2)c1. The van der Waals surface area contributed by atoms with Gasteiger partial charge in [0.25, 0.3) is 0 Å². The molecule has 5 heteroatoms. The lowest BCUT2D eigenvalue weighted by Crippen LogP contribution is -1.89. The Morgan fingerprint density at radius 3 is 1.98 bits per heavy atom. The maximum absolute atomic E-state index is 5.01. The van der Waals surface area contributed by atoms with E-state index in [0.29, 0.717) is 0 Å². The molecule has 0 unspecified atom stereocenters. The van der Waals surface area contributed by atoms with E-state index in [2.05, 4.69) is 119 Å². The zero-order valence-electron chi connectivity index (χ0n) is 24.1. The Hall–Kier alpha value is -5.78. The van der Waals surface area contributed by atoms with Crippen LogP contribution in [0.2, 0.25) is 0 Å². The molecule has 0 spiro atoms. The molecule has 4 nitrogen and oxygen atoms in total. The van der Waals surface area contributed by atoms with Crippen LogP contribution in [-0.2, 0) is 0 Å². The standard InChI is InChI=1S/C40H24N4S/c1-2-11-37-36(10-1)44-40(45-37)33-22-31(21-32(23-33)28-14-15-35-29(19-28)9-5-16-41-35)26-6-3-7-27(18-26)34-20-30-13-12-25-8-4-17-42-38(25)39(30)43-24-34/h1-24H. The lowest BCUT2D eigenvalue weighted by Gasteiger charge is -2.12. The van der Waals surface area contributed by atoms with Gasteiger partial charge in [-0.15, -0.1) is 11.3 Å². The first-order valence-corrected chi connectivity index (χ1v) is 15.7. The second-order valence-corrected chi connectivity index (χ2v) is 12.2. The van der Waals surface area contributed by atoms with E-state index in [0.717, 1.165) is 82.2 Å². The van der Waals surface area contributed by atoms with Gasteiger partial charge < -0.3 is 0 Å². The number of thiazole rings is 1. The minimum Gasteiger partial charge on any atom is -0.256 e. The Morgan fingerprint density at radius 1 is 0.400 bits per heavy atom. The monoisotopic (exact) mass is 592 g/mol. The predicted octanol–water partition coefficient (Wildman–Crippen LogP) is 10.6. The van der Waals surface area contributed by atoms with Crippen molar-refractivity contribution in [1.29, 1.82) is 0 Å². The summed E-state index contributed by atoms with van der Waals surface area (Å²) in [7, 11) is 0. The molecule has 4 heterocycles. The van der Waals surface area contributed by atoms with E-state index < -0.39 is 0 Å². The van der Waals surface area contributed by atoms with Gasteiger partial charge in [-0.1, -0.05) is 60.7 Å². The predicted molar refractivity (Wildman–Crippen MR) is 187 cm³/mol. The highest BCUT2D eigenvalue weighted by atomic mass is 32.1.